The number of rotatable bonds is 2. The van der Waals surface area contributed by atoms with Gasteiger partial charge in [-0.15, -0.1) is 0 Å². The summed E-state index contributed by atoms with van der Waals surface area (Å²) >= 11 is 3.59. The second-order valence-corrected chi connectivity index (χ2v) is 4.50. The summed E-state index contributed by atoms with van der Waals surface area (Å²) in [6.45, 7) is 2.33. The van der Waals surface area contributed by atoms with Crippen molar-refractivity contribution in [1.29, 1.82) is 0 Å². The van der Waals surface area contributed by atoms with Crippen LogP contribution in [0.15, 0.2) is 28.7 Å². The smallest absolute Gasteiger partial charge is 0.0210 e. The molecule has 0 spiro atoms. The summed E-state index contributed by atoms with van der Waals surface area (Å²) in [6, 6.07) is 8.56. The van der Waals surface area contributed by atoms with Crippen LogP contribution >= 0.6 is 15.9 Å². The van der Waals surface area contributed by atoms with Crippen molar-refractivity contribution in [2.75, 3.05) is 0 Å². The van der Waals surface area contributed by atoms with E-state index in [4.69, 9.17) is 0 Å². The SMILES string of the molecule is CC(c1ccccc1Br)C1CC1. The van der Waals surface area contributed by atoms with Crippen molar-refractivity contribution >= 4 is 15.9 Å². The zero-order valence-electron chi connectivity index (χ0n) is 7.26. The highest BCUT2D eigenvalue weighted by molar-refractivity contribution is 9.10. The molecule has 1 unspecified atom stereocenters. The fourth-order valence-corrected chi connectivity index (χ4v) is 2.34. The molecule has 64 valence electrons. The van der Waals surface area contributed by atoms with Gasteiger partial charge in [0.25, 0.3) is 0 Å². The number of halogens is 1. The van der Waals surface area contributed by atoms with E-state index in [1.165, 1.54) is 22.9 Å². The van der Waals surface area contributed by atoms with Crippen LogP contribution in [-0.2, 0) is 0 Å². The molecule has 1 fully saturated rings. The molecule has 0 radical (unpaired) electrons. The summed E-state index contributed by atoms with van der Waals surface area (Å²) in [5.41, 5.74) is 1.47. The monoisotopic (exact) mass is 224 g/mol. The third-order valence-electron chi connectivity index (χ3n) is 2.72. The Labute approximate surface area is 82.1 Å². The molecule has 1 aliphatic rings. The molecule has 12 heavy (non-hydrogen) atoms. The minimum Gasteiger partial charge on any atom is -0.0619 e. The molecule has 1 aromatic rings. The van der Waals surface area contributed by atoms with Crippen LogP contribution in [0.4, 0.5) is 0 Å². The van der Waals surface area contributed by atoms with Crippen LogP contribution in [0.25, 0.3) is 0 Å². The Kier molecular flexibility index (Phi) is 2.22. The highest BCUT2D eigenvalue weighted by Crippen LogP contribution is 2.43. The first-order chi connectivity index (χ1) is 5.79. The summed E-state index contributed by atoms with van der Waals surface area (Å²) in [6.07, 6.45) is 2.84. The van der Waals surface area contributed by atoms with Crippen molar-refractivity contribution in [3.8, 4) is 0 Å². The first-order valence-corrected chi connectivity index (χ1v) is 5.33. The summed E-state index contributed by atoms with van der Waals surface area (Å²) in [7, 11) is 0. The van der Waals surface area contributed by atoms with Gasteiger partial charge in [0.1, 0.15) is 0 Å². The second-order valence-electron chi connectivity index (χ2n) is 3.65. The molecular weight excluding hydrogens is 212 g/mol. The normalized spacial score (nSPS) is 19.2. The number of hydrogen-bond donors (Lipinski definition) is 0. The van der Waals surface area contributed by atoms with Gasteiger partial charge in [-0.25, -0.2) is 0 Å². The van der Waals surface area contributed by atoms with E-state index in [-0.39, 0.29) is 0 Å². The average Bonchev–Trinajstić information content (AvgIpc) is 2.86. The molecule has 1 heteroatoms. The maximum atomic E-state index is 3.59. The van der Waals surface area contributed by atoms with Crippen molar-refractivity contribution in [3.63, 3.8) is 0 Å². The Hall–Kier alpha value is -0.300. The van der Waals surface area contributed by atoms with Gasteiger partial charge >= 0.3 is 0 Å². The number of benzene rings is 1. The third-order valence-corrected chi connectivity index (χ3v) is 3.45. The van der Waals surface area contributed by atoms with Crippen molar-refractivity contribution in [3.05, 3.63) is 34.3 Å². The topological polar surface area (TPSA) is 0 Å². The van der Waals surface area contributed by atoms with Crippen LogP contribution in [0.2, 0.25) is 0 Å². The Balaban J connectivity index is 2.25. The fraction of sp³-hybridized carbons (Fsp3) is 0.455. The van der Waals surface area contributed by atoms with E-state index in [1.807, 2.05) is 0 Å². The van der Waals surface area contributed by atoms with Gasteiger partial charge in [0, 0.05) is 4.47 Å². The maximum Gasteiger partial charge on any atom is 0.0210 e. The van der Waals surface area contributed by atoms with Gasteiger partial charge in [0.15, 0.2) is 0 Å². The van der Waals surface area contributed by atoms with Crippen molar-refractivity contribution in [1.82, 2.24) is 0 Å². The van der Waals surface area contributed by atoms with E-state index >= 15 is 0 Å². The largest absolute Gasteiger partial charge is 0.0619 e. The van der Waals surface area contributed by atoms with Gasteiger partial charge in [-0.2, -0.15) is 0 Å². The molecule has 0 saturated heterocycles. The van der Waals surface area contributed by atoms with E-state index in [1.54, 1.807) is 0 Å². The van der Waals surface area contributed by atoms with Crippen molar-refractivity contribution in [2.45, 2.75) is 25.7 Å². The molecule has 0 bridgehead atoms. The predicted molar refractivity (Wildman–Crippen MR) is 55.3 cm³/mol. The minimum absolute atomic E-state index is 0.737. The molecule has 1 saturated carbocycles. The standard InChI is InChI=1S/C11H13Br/c1-8(9-6-7-9)10-4-2-3-5-11(10)12/h2-5,8-9H,6-7H2,1H3. The third kappa shape index (κ3) is 1.56. The first-order valence-electron chi connectivity index (χ1n) is 4.53. The predicted octanol–water partition coefficient (Wildman–Crippen LogP) is 3.96. The molecule has 0 aliphatic heterocycles. The first kappa shape index (κ1) is 8.31. The molecule has 0 heterocycles. The van der Waals surface area contributed by atoms with E-state index in [2.05, 4.69) is 47.1 Å². The summed E-state index contributed by atoms with van der Waals surface area (Å²) in [5.74, 6) is 1.68. The molecule has 1 aliphatic carbocycles. The molecule has 1 atom stereocenters. The molecule has 0 nitrogen and oxygen atoms in total. The Morgan fingerprint density at radius 3 is 2.58 bits per heavy atom. The van der Waals surface area contributed by atoms with Gasteiger partial charge in [-0.3, -0.25) is 0 Å². The summed E-state index contributed by atoms with van der Waals surface area (Å²) in [5, 5.41) is 0. The van der Waals surface area contributed by atoms with Crippen molar-refractivity contribution < 1.29 is 0 Å². The van der Waals surface area contributed by atoms with Crippen LogP contribution in [0, 0.1) is 5.92 Å². The summed E-state index contributed by atoms with van der Waals surface area (Å²) < 4.78 is 1.27. The molecule has 0 aromatic heterocycles. The number of hydrogen-bond acceptors (Lipinski definition) is 0. The van der Waals surface area contributed by atoms with E-state index in [9.17, 15) is 0 Å². The lowest BCUT2D eigenvalue weighted by atomic mass is 9.97. The molecule has 1 aromatic carbocycles. The van der Waals surface area contributed by atoms with Gasteiger partial charge in [0.2, 0.25) is 0 Å². The zero-order valence-corrected chi connectivity index (χ0v) is 8.84. The molecular formula is C11H13Br. The van der Waals surface area contributed by atoms with Crippen LogP contribution in [0.3, 0.4) is 0 Å². The lowest BCUT2D eigenvalue weighted by Crippen LogP contribution is -1.95. The van der Waals surface area contributed by atoms with Gasteiger partial charge in [0.05, 0.1) is 0 Å². The van der Waals surface area contributed by atoms with Crippen LogP contribution < -0.4 is 0 Å². The average molecular weight is 225 g/mol. The van der Waals surface area contributed by atoms with Gasteiger partial charge < -0.3 is 0 Å². The van der Waals surface area contributed by atoms with E-state index in [0.717, 1.165) is 11.8 Å². The highest BCUT2D eigenvalue weighted by atomic mass is 79.9. The lowest BCUT2D eigenvalue weighted by molar-refractivity contribution is 0.661. The Morgan fingerprint density at radius 2 is 2.00 bits per heavy atom. The Bertz CT molecular complexity index is 276. The van der Waals surface area contributed by atoms with Crippen LogP contribution in [-0.4, -0.2) is 0 Å². The van der Waals surface area contributed by atoms with Crippen LogP contribution in [0.1, 0.15) is 31.2 Å². The summed E-state index contributed by atoms with van der Waals surface area (Å²) in [4.78, 5) is 0. The zero-order chi connectivity index (χ0) is 8.55. The van der Waals surface area contributed by atoms with Gasteiger partial charge in [-0.1, -0.05) is 41.1 Å². The van der Waals surface area contributed by atoms with E-state index < -0.39 is 0 Å². The Morgan fingerprint density at radius 1 is 1.33 bits per heavy atom. The molecule has 2 rings (SSSR count). The van der Waals surface area contributed by atoms with Crippen molar-refractivity contribution in [2.24, 2.45) is 5.92 Å². The molecule has 0 N–H and O–H groups in total. The second kappa shape index (κ2) is 3.21. The minimum atomic E-state index is 0.737. The molecule has 0 amide bonds. The van der Waals surface area contributed by atoms with Gasteiger partial charge in [-0.05, 0) is 36.3 Å². The highest BCUT2D eigenvalue weighted by Gasteiger charge is 2.29. The van der Waals surface area contributed by atoms with E-state index in [0.29, 0.717) is 0 Å². The lowest BCUT2D eigenvalue weighted by Gasteiger charge is -2.11. The quantitative estimate of drug-likeness (QED) is 0.714. The fourth-order valence-electron chi connectivity index (χ4n) is 1.69. The maximum absolute atomic E-state index is 3.59. The van der Waals surface area contributed by atoms with Crippen LogP contribution in [0.5, 0.6) is 0 Å².